The smallest absolute Gasteiger partial charge is 0.264 e. The van der Waals surface area contributed by atoms with Crippen LogP contribution in [0.1, 0.15) is 147 Å². The van der Waals surface area contributed by atoms with Crippen LogP contribution < -0.4 is 10.0 Å². The summed E-state index contributed by atoms with van der Waals surface area (Å²) in [6.45, 7) is 14.4. The van der Waals surface area contributed by atoms with Crippen LogP contribution in [0, 0.1) is 23.3 Å². The first-order valence-electron chi connectivity index (χ1n) is 32.7. The number of H-pyrrole nitrogens is 2. The molecule has 0 saturated carbocycles. The van der Waals surface area contributed by atoms with Crippen LogP contribution in [0.15, 0.2) is 72.8 Å². The van der Waals surface area contributed by atoms with E-state index in [4.69, 9.17) is 18.4 Å². The molecule has 21 nitrogen and oxygen atoms in total. The summed E-state index contributed by atoms with van der Waals surface area (Å²) >= 11 is 0. The number of hydrogen-bond acceptors (Lipinski definition) is 15. The molecule has 1 aliphatic carbocycles. The van der Waals surface area contributed by atoms with Crippen LogP contribution >= 0.6 is 0 Å². The monoisotopic (exact) mass is 1380 g/mol. The van der Waals surface area contributed by atoms with Gasteiger partial charge in [0.15, 0.2) is 24.0 Å². The van der Waals surface area contributed by atoms with E-state index in [0.717, 1.165) is 18.4 Å². The van der Waals surface area contributed by atoms with E-state index in [1.807, 2.05) is 0 Å². The number of aromatic nitrogens is 4. The number of nitrogens with zero attached hydrogens (tertiary/aromatic N) is 3. The number of amides is 2. The van der Waals surface area contributed by atoms with E-state index in [1.54, 1.807) is 4.57 Å². The number of imide groups is 1. The van der Waals surface area contributed by atoms with Crippen LogP contribution in [-0.4, -0.2) is 175 Å². The standard InChI is InChI=1S/C28H22F2N2O9S.C26H17F2N3O6.C16H36N.CH4.FH/c1-42(38,39)40-9-18-25(35)26(36)27(37)28(41-18)32-15-5-3-11(30)7-13(15)20-22-17(34)8-16(33)21(22)19-12-6-10(29)2-4-14(12)31-23(19)24(20)32;27-8-1-3-12-10(5-8)15-17-18(25(35)30-24(17)34)16-11-6-9(28)2-4-13(11)31(20(16)19(15)29-12)26-22(33)23-21(32)14(37-26)7-36-23;1-5-9-13-17(14-10-6-2,15-11-7-3)16-12-8-4;;/h2-7,18,25-28,31,35-37H,8-9H2,1H3;1-6,14,21-23,26,29,32-33H,7H2,(H,30,34,35);5-16H2,1-4H3;1H4;1H/q;;+1;;/p-1/t18-,25-,26+,27-,28-;14?,21?,22?,23?,26-;;;/m11.../s1. The van der Waals surface area contributed by atoms with E-state index in [-0.39, 0.29) is 73.7 Å². The normalized spacial score (nSPS) is 23.0. The fourth-order valence-corrected chi connectivity index (χ4v) is 15.5. The van der Waals surface area contributed by atoms with Crippen molar-refractivity contribution in [3.63, 3.8) is 0 Å². The molecular weight excluding hydrogens is 1300 g/mol. The number of Topliss-reactive ketones (excluding diaryl/α,β-unsaturated/α-hetero) is 2. The Hall–Kier alpha value is -7.80. The first kappa shape index (κ1) is 71.5. The van der Waals surface area contributed by atoms with Crippen molar-refractivity contribution in [3.05, 3.63) is 118 Å². The van der Waals surface area contributed by atoms with Gasteiger partial charge in [-0.25, -0.2) is 17.6 Å². The zero-order chi connectivity index (χ0) is 68.1. The number of aliphatic hydroxyl groups is 5. The van der Waals surface area contributed by atoms with E-state index >= 15 is 0 Å². The summed E-state index contributed by atoms with van der Waals surface area (Å²) in [5, 5.41) is 58.8. The van der Waals surface area contributed by atoms with Crippen LogP contribution in [0.5, 0.6) is 0 Å². The van der Waals surface area contributed by atoms with Gasteiger partial charge in [-0.2, -0.15) is 8.42 Å². The number of unbranched alkanes of at least 4 members (excludes halogenated alkanes) is 4. The van der Waals surface area contributed by atoms with Gasteiger partial charge in [0.05, 0.1) is 96.3 Å². The number of hydrogen-bond donors (Lipinski definition) is 8. The second-order valence-electron chi connectivity index (χ2n) is 26.0. The maximum absolute atomic E-state index is 14.7. The van der Waals surface area contributed by atoms with Crippen molar-refractivity contribution in [2.75, 3.05) is 45.6 Å². The molecule has 5 aliphatic rings. The number of halogens is 5. The lowest BCUT2D eigenvalue weighted by molar-refractivity contribution is -0.929. The molecule has 0 spiro atoms. The van der Waals surface area contributed by atoms with Crippen molar-refractivity contribution in [2.24, 2.45) is 0 Å². The van der Waals surface area contributed by atoms with Gasteiger partial charge in [0, 0.05) is 65.3 Å². The Kier molecular flexibility index (Phi) is 20.2. The number of carbonyl (C=O) groups is 4. The molecule has 27 heteroatoms. The first-order chi connectivity index (χ1) is 45.9. The number of aromatic amines is 2. The number of fused-ring (bicyclic) bond motifs is 22. The molecule has 0 radical (unpaired) electrons. The van der Waals surface area contributed by atoms with Gasteiger partial charge in [0.2, 0.25) is 0 Å². The minimum Gasteiger partial charge on any atom is -1.00 e. The highest BCUT2D eigenvalue weighted by atomic mass is 32.2. The van der Waals surface area contributed by atoms with Gasteiger partial charge >= 0.3 is 0 Å². The Labute approximate surface area is 559 Å². The lowest BCUT2D eigenvalue weighted by Gasteiger charge is -2.41. The number of carbonyl (C=O) groups excluding carboxylic acids is 4. The number of ether oxygens (including phenoxy) is 3. The number of quaternary nitrogens is 1. The Morgan fingerprint density at radius 3 is 1.44 bits per heavy atom. The first-order valence-corrected chi connectivity index (χ1v) is 34.5. The van der Waals surface area contributed by atoms with Crippen molar-refractivity contribution in [3.8, 4) is 0 Å². The van der Waals surface area contributed by atoms with Crippen molar-refractivity contribution < 1.29 is 98.3 Å². The van der Waals surface area contributed by atoms with Crippen molar-refractivity contribution >= 4 is 121 Å². The minimum atomic E-state index is -3.98. The fourth-order valence-electron chi connectivity index (χ4n) is 15.2. The number of nitrogens with one attached hydrogen (secondary N) is 3. The molecule has 8 heterocycles. The van der Waals surface area contributed by atoms with Gasteiger partial charge in [0.25, 0.3) is 21.9 Å². The highest BCUT2D eigenvalue weighted by Gasteiger charge is 2.52. The van der Waals surface area contributed by atoms with Crippen LogP contribution in [0.25, 0.3) is 87.2 Å². The van der Waals surface area contributed by atoms with Gasteiger partial charge in [-0.1, -0.05) is 60.8 Å². The van der Waals surface area contributed by atoms with E-state index < -0.39 is 131 Å². The predicted octanol–water partition coefficient (Wildman–Crippen LogP) is 7.69. The SMILES string of the molecule is C.CCCC[N+](CCCC)(CCCC)CCCC.CS(=O)(=O)OC[C@H]1O[C@@H](n2c3ccc(F)cc3c3c4c(c5c6cc(F)ccc6[nH]c5c32)C(=O)CC4=O)[C@H](O)[C@@H](O)[C@@H]1O.O=C1NC(=O)c2c1c1c3cc(F)ccc3[nH]c1c1c2c2cc(F)ccc2n1[C@@H]1OC2COC(C2O)C1O.[F-]. The minimum absolute atomic E-state index is 0. The van der Waals surface area contributed by atoms with Gasteiger partial charge < -0.3 is 68.0 Å². The third-order valence-corrected chi connectivity index (χ3v) is 20.2. The second-order valence-corrected chi connectivity index (χ2v) is 27.6. The third-order valence-electron chi connectivity index (χ3n) is 19.7. The van der Waals surface area contributed by atoms with Gasteiger partial charge in [0.1, 0.15) is 72.1 Å². The maximum atomic E-state index is 14.7. The van der Waals surface area contributed by atoms with E-state index in [1.165, 1.54) is 147 Å². The molecule has 3 fully saturated rings. The zero-order valence-corrected chi connectivity index (χ0v) is 54.6. The largest absolute Gasteiger partial charge is 1.00 e. The fraction of sp³-hybridized carbons (Fsp3) is 0.437. The van der Waals surface area contributed by atoms with E-state index in [9.17, 15) is 70.7 Å². The zero-order valence-electron chi connectivity index (χ0n) is 53.8. The summed E-state index contributed by atoms with van der Waals surface area (Å²) in [7, 11) is -3.98. The summed E-state index contributed by atoms with van der Waals surface area (Å²) in [6, 6.07) is 15.6. The van der Waals surface area contributed by atoms with E-state index in [0.29, 0.717) is 54.5 Å². The molecule has 98 heavy (non-hydrogen) atoms. The summed E-state index contributed by atoms with van der Waals surface area (Å²) in [5.41, 5.74) is 2.98. The lowest BCUT2D eigenvalue weighted by atomic mass is 9.96. The van der Waals surface area contributed by atoms with Gasteiger partial charge in [-0.3, -0.25) is 28.7 Å². The molecule has 10 aromatic rings. The second kappa shape index (κ2) is 27.7. The summed E-state index contributed by atoms with van der Waals surface area (Å²) in [5.74, 6) is -4.66. The Bertz CT molecular complexity index is 4900. The molecule has 6 aromatic carbocycles. The highest BCUT2D eigenvalue weighted by molar-refractivity contribution is 7.86. The topological polar surface area (TPSA) is 294 Å². The predicted molar refractivity (Wildman–Crippen MR) is 357 cm³/mol. The summed E-state index contributed by atoms with van der Waals surface area (Å²) < 4.78 is 108. The molecule has 8 N–H and O–H groups in total. The average molecular weight is 1380 g/mol. The van der Waals surface area contributed by atoms with E-state index in [2.05, 4.69) is 43.0 Å². The molecule has 4 aliphatic heterocycles. The highest BCUT2D eigenvalue weighted by Crippen LogP contribution is 2.50. The quantitative estimate of drug-likeness (QED) is 0.0143. The number of benzene rings is 6. The molecule has 4 aromatic heterocycles. The maximum Gasteiger partial charge on any atom is 0.264 e. The van der Waals surface area contributed by atoms with Crippen molar-refractivity contribution in [2.45, 2.75) is 154 Å². The number of aliphatic hydroxyl groups excluding tert-OH is 5. The Morgan fingerprint density at radius 1 is 0.551 bits per heavy atom. The molecule has 524 valence electrons. The Morgan fingerprint density at radius 2 is 0.969 bits per heavy atom. The van der Waals surface area contributed by atoms with Gasteiger partial charge in [-0.15, -0.1) is 0 Å². The number of rotatable bonds is 17. The molecule has 15 rings (SSSR count). The molecular formula is C71H79F5N6O15S. The van der Waals surface area contributed by atoms with Crippen LogP contribution in [0.3, 0.4) is 0 Å². The average Bonchev–Trinajstić information content (AvgIpc) is 1.53. The molecule has 4 unspecified atom stereocenters. The molecule has 2 bridgehead atoms. The molecule has 3 saturated heterocycles. The third kappa shape index (κ3) is 12.1. The number of ketones is 2. The molecule has 2 amide bonds. The van der Waals surface area contributed by atoms with Crippen LogP contribution in [-0.2, 0) is 28.5 Å². The van der Waals surface area contributed by atoms with Gasteiger partial charge in [-0.05, 0) is 98.5 Å². The summed E-state index contributed by atoms with van der Waals surface area (Å²) in [4.78, 5) is 59.1. The summed E-state index contributed by atoms with van der Waals surface area (Å²) in [6.07, 6.45) is -1.99. The van der Waals surface area contributed by atoms with Crippen molar-refractivity contribution in [1.82, 2.24) is 24.4 Å². The van der Waals surface area contributed by atoms with Crippen molar-refractivity contribution in [1.29, 1.82) is 0 Å². The Balaban J connectivity index is 0.000000160. The lowest BCUT2D eigenvalue weighted by Crippen LogP contribution is -3.00. The van der Waals surface area contributed by atoms with Crippen LogP contribution in [0.4, 0.5) is 17.6 Å². The molecule has 10 atom stereocenters. The van der Waals surface area contributed by atoms with Crippen LogP contribution in [0.2, 0.25) is 0 Å².